The van der Waals surface area contributed by atoms with Gasteiger partial charge in [-0.2, -0.15) is 0 Å². The Hall–Kier alpha value is -1.94. The molecule has 0 saturated heterocycles. The zero-order valence-corrected chi connectivity index (χ0v) is 11.5. The van der Waals surface area contributed by atoms with E-state index in [1.54, 1.807) is 19.1 Å². The standard InChI is InChI=1S/C14H15NO3.ClH/c1-9(14(17)18-2)15-12-7-3-6-11-10(12)5-4-8-13(11)16;/h3-9,15-16H,1-2H3;1H/t9-;/m0./s1. The molecule has 0 spiro atoms. The summed E-state index contributed by atoms with van der Waals surface area (Å²) in [6, 6.07) is 10.4. The maximum absolute atomic E-state index is 11.4. The van der Waals surface area contributed by atoms with Crippen molar-refractivity contribution < 1.29 is 14.6 Å². The van der Waals surface area contributed by atoms with E-state index in [1.165, 1.54) is 7.11 Å². The zero-order valence-electron chi connectivity index (χ0n) is 10.7. The summed E-state index contributed by atoms with van der Waals surface area (Å²) < 4.78 is 4.67. The van der Waals surface area contributed by atoms with Gasteiger partial charge in [-0.1, -0.05) is 24.3 Å². The van der Waals surface area contributed by atoms with E-state index < -0.39 is 6.04 Å². The number of carbonyl (C=O) groups is 1. The van der Waals surface area contributed by atoms with Gasteiger partial charge in [0, 0.05) is 16.5 Å². The molecule has 19 heavy (non-hydrogen) atoms. The molecule has 4 nitrogen and oxygen atoms in total. The number of aromatic hydroxyl groups is 1. The summed E-state index contributed by atoms with van der Waals surface area (Å²) >= 11 is 0. The number of ether oxygens (including phenoxy) is 1. The fourth-order valence-electron chi connectivity index (χ4n) is 1.89. The number of benzene rings is 2. The van der Waals surface area contributed by atoms with Crippen molar-refractivity contribution in [3.8, 4) is 5.75 Å². The summed E-state index contributed by atoms with van der Waals surface area (Å²) in [6.07, 6.45) is 0. The second-order valence-electron chi connectivity index (χ2n) is 4.07. The highest BCUT2D eigenvalue weighted by molar-refractivity contribution is 5.98. The van der Waals surface area contributed by atoms with Crippen molar-refractivity contribution in [1.82, 2.24) is 0 Å². The molecule has 0 amide bonds. The lowest BCUT2D eigenvalue weighted by atomic mass is 10.1. The van der Waals surface area contributed by atoms with Crippen LogP contribution >= 0.6 is 12.4 Å². The molecule has 2 rings (SSSR count). The molecule has 0 aliphatic carbocycles. The number of hydrogen-bond acceptors (Lipinski definition) is 4. The zero-order chi connectivity index (χ0) is 13.1. The Kier molecular flexibility index (Phi) is 5.01. The first kappa shape index (κ1) is 15.1. The lowest BCUT2D eigenvalue weighted by Crippen LogP contribution is -2.27. The van der Waals surface area contributed by atoms with Gasteiger partial charge in [-0.15, -0.1) is 12.4 Å². The number of phenolic OH excluding ortho intramolecular Hbond substituents is 1. The van der Waals surface area contributed by atoms with Gasteiger partial charge in [0.15, 0.2) is 0 Å². The monoisotopic (exact) mass is 281 g/mol. The SMILES string of the molecule is COC(=O)[C@H](C)Nc1cccc2c(O)cccc12.Cl. The fourth-order valence-corrected chi connectivity index (χ4v) is 1.89. The maximum Gasteiger partial charge on any atom is 0.327 e. The summed E-state index contributed by atoms with van der Waals surface area (Å²) in [7, 11) is 1.36. The van der Waals surface area contributed by atoms with Crippen molar-refractivity contribution in [1.29, 1.82) is 0 Å². The van der Waals surface area contributed by atoms with Gasteiger partial charge >= 0.3 is 5.97 Å². The molecular formula is C14H16ClNO3. The first-order chi connectivity index (χ1) is 8.63. The highest BCUT2D eigenvalue weighted by Gasteiger charge is 2.14. The third-order valence-electron chi connectivity index (χ3n) is 2.83. The van der Waals surface area contributed by atoms with Gasteiger partial charge < -0.3 is 15.2 Å². The van der Waals surface area contributed by atoms with E-state index in [-0.39, 0.29) is 24.1 Å². The summed E-state index contributed by atoms with van der Waals surface area (Å²) in [6.45, 7) is 1.73. The minimum atomic E-state index is -0.442. The van der Waals surface area contributed by atoms with Gasteiger partial charge in [-0.3, -0.25) is 0 Å². The van der Waals surface area contributed by atoms with E-state index in [2.05, 4.69) is 10.1 Å². The highest BCUT2D eigenvalue weighted by Crippen LogP contribution is 2.30. The van der Waals surface area contributed by atoms with E-state index in [0.717, 1.165) is 16.5 Å². The molecule has 0 bridgehead atoms. The Balaban J connectivity index is 0.00000180. The van der Waals surface area contributed by atoms with Crippen LogP contribution in [0.3, 0.4) is 0 Å². The van der Waals surface area contributed by atoms with Crippen molar-refractivity contribution in [3.05, 3.63) is 36.4 Å². The fraction of sp³-hybridized carbons (Fsp3) is 0.214. The van der Waals surface area contributed by atoms with Crippen LogP contribution in [-0.2, 0) is 9.53 Å². The molecule has 1 atom stereocenters. The average molecular weight is 282 g/mol. The van der Waals surface area contributed by atoms with Gasteiger partial charge in [0.25, 0.3) is 0 Å². The predicted molar refractivity (Wildman–Crippen MR) is 78.0 cm³/mol. The van der Waals surface area contributed by atoms with E-state index in [9.17, 15) is 9.90 Å². The first-order valence-corrected chi connectivity index (χ1v) is 5.68. The van der Waals surface area contributed by atoms with Crippen LogP contribution in [0.4, 0.5) is 5.69 Å². The van der Waals surface area contributed by atoms with E-state index >= 15 is 0 Å². The lowest BCUT2D eigenvalue weighted by Gasteiger charge is -2.15. The van der Waals surface area contributed by atoms with Crippen LogP contribution in [0.25, 0.3) is 10.8 Å². The molecule has 2 aromatic carbocycles. The van der Waals surface area contributed by atoms with Crippen LogP contribution in [0.1, 0.15) is 6.92 Å². The molecule has 0 fully saturated rings. The van der Waals surface area contributed by atoms with Crippen molar-refractivity contribution in [2.24, 2.45) is 0 Å². The number of esters is 1. The molecule has 2 N–H and O–H groups in total. The molecule has 0 unspecified atom stereocenters. The van der Waals surface area contributed by atoms with Crippen LogP contribution in [0.5, 0.6) is 5.75 Å². The number of rotatable bonds is 3. The predicted octanol–water partition coefficient (Wildman–Crippen LogP) is 2.94. The van der Waals surface area contributed by atoms with Crippen LogP contribution in [0.15, 0.2) is 36.4 Å². The van der Waals surface area contributed by atoms with E-state index in [0.29, 0.717) is 0 Å². The van der Waals surface area contributed by atoms with Gasteiger partial charge in [-0.05, 0) is 19.1 Å². The van der Waals surface area contributed by atoms with Crippen molar-refractivity contribution in [3.63, 3.8) is 0 Å². The first-order valence-electron chi connectivity index (χ1n) is 5.68. The summed E-state index contributed by atoms with van der Waals surface area (Å²) in [4.78, 5) is 11.4. The van der Waals surface area contributed by atoms with E-state index in [1.807, 2.05) is 24.3 Å². The third kappa shape index (κ3) is 3.09. The summed E-state index contributed by atoms with van der Waals surface area (Å²) in [5, 5.41) is 14.5. The minimum absolute atomic E-state index is 0. The topological polar surface area (TPSA) is 58.6 Å². The molecule has 0 aliphatic rings. The van der Waals surface area contributed by atoms with Gasteiger partial charge in [0.05, 0.1) is 7.11 Å². The number of fused-ring (bicyclic) bond motifs is 1. The molecular weight excluding hydrogens is 266 g/mol. The Morgan fingerprint density at radius 1 is 1.21 bits per heavy atom. The van der Waals surface area contributed by atoms with Crippen LogP contribution < -0.4 is 5.32 Å². The molecule has 0 heterocycles. The summed E-state index contributed by atoms with van der Waals surface area (Å²) in [5.74, 6) is -0.103. The van der Waals surface area contributed by atoms with Gasteiger partial charge in [0.2, 0.25) is 0 Å². The van der Waals surface area contributed by atoms with Crippen molar-refractivity contribution in [2.45, 2.75) is 13.0 Å². The lowest BCUT2D eigenvalue weighted by molar-refractivity contribution is -0.141. The number of anilines is 1. The molecule has 102 valence electrons. The Bertz CT molecular complexity index is 586. The second-order valence-corrected chi connectivity index (χ2v) is 4.07. The van der Waals surface area contributed by atoms with Crippen LogP contribution in [0, 0.1) is 0 Å². The molecule has 2 aromatic rings. The van der Waals surface area contributed by atoms with Crippen LogP contribution in [0.2, 0.25) is 0 Å². The number of carbonyl (C=O) groups excluding carboxylic acids is 1. The van der Waals surface area contributed by atoms with E-state index in [4.69, 9.17) is 0 Å². The Morgan fingerprint density at radius 2 is 1.84 bits per heavy atom. The van der Waals surface area contributed by atoms with Crippen LogP contribution in [-0.4, -0.2) is 24.2 Å². The number of phenols is 1. The largest absolute Gasteiger partial charge is 0.507 e. The molecule has 0 aromatic heterocycles. The Morgan fingerprint density at radius 3 is 2.53 bits per heavy atom. The Labute approximate surface area is 117 Å². The number of halogens is 1. The maximum atomic E-state index is 11.4. The normalized spacial score (nSPS) is 11.5. The van der Waals surface area contributed by atoms with Crippen molar-refractivity contribution >= 4 is 34.8 Å². The average Bonchev–Trinajstić information content (AvgIpc) is 2.39. The smallest absolute Gasteiger partial charge is 0.327 e. The number of hydrogen-bond donors (Lipinski definition) is 2. The molecule has 0 aliphatic heterocycles. The third-order valence-corrected chi connectivity index (χ3v) is 2.83. The van der Waals surface area contributed by atoms with Crippen molar-refractivity contribution in [2.75, 3.05) is 12.4 Å². The molecule has 5 heteroatoms. The minimum Gasteiger partial charge on any atom is -0.507 e. The highest BCUT2D eigenvalue weighted by atomic mass is 35.5. The van der Waals surface area contributed by atoms with Gasteiger partial charge in [0.1, 0.15) is 11.8 Å². The number of nitrogens with one attached hydrogen (secondary N) is 1. The summed E-state index contributed by atoms with van der Waals surface area (Å²) in [5.41, 5.74) is 0.793. The molecule has 0 radical (unpaired) electrons. The quantitative estimate of drug-likeness (QED) is 0.849. The van der Waals surface area contributed by atoms with Gasteiger partial charge in [-0.25, -0.2) is 4.79 Å². The number of methoxy groups -OCH3 is 1. The molecule has 0 saturated carbocycles. The second kappa shape index (κ2) is 6.29.